The molecule has 0 unspecified atom stereocenters. The fourth-order valence-electron chi connectivity index (χ4n) is 4.00. The van der Waals surface area contributed by atoms with Crippen molar-refractivity contribution >= 4 is 22.8 Å². The molecule has 0 atom stereocenters. The van der Waals surface area contributed by atoms with Crippen LogP contribution in [0, 0.1) is 0 Å². The van der Waals surface area contributed by atoms with Crippen molar-refractivity contribution in [3.63, 3.8) is 0 Å². The number of para-hydroxylation sites is 1. The predicted molar refractivity (Wildman–Crippen MR) is 121 cm³/mol. The summed E-state index contributed by atoms with van der Waals surface area (Å²) in [5.41, 5.74) is 0.413. The van der Waals surface area contributed by atoms with Gasteiger partial charge in [0, 0.05) is 25.0 Å². The van der Waals surface area contributed by atoms with Crippen molar-refractivity contribution in [3.05, 3.63) is 40.4 Å². The summed E-state index contributed by atoms with van der Waals surface area (Å²) in [7, 11) is 0. The van der Waals surface area contributed by atoms with Crippen molar-refractivity contribution in [1.82, 2.24) is 25.5 Å². The second kappa shape index (κ2) is 10.9. The number of hydrogen-bond acceptors (Lipinski definition) is 4. The number of carbonyl (C=O) groups excluding carboxylic acids is 2. The molecule has 0 aliphatic heterocycles. The third kappa shape index (κ3) is 6.54. The first-order valence-corrected chi connectivity index (χ1v) is 11.3. The number of amides is 3. The van der Waals surface area contributed by atoms with Crippen LogP contribution < -0.4 is 16.2 Å². The van der Waals surface area contributed by atoms with Crippen LogP contribution >= 0.6 is 0 Å². The Bertz CT molecular complexity index is 950. The molecular formula is C23H33N5O3. The van der Waals surface area contributed by atoms with Gasteiger partial charge in [0.1, 0.15) is 5.82 Å². The van der Waals surface area contributed by atoms with E-state index in [2.05, 4.69) is 20.6 Å². The van der Waals surface area contributed by atoms with Crippen LogP contribution in [0.1, 0.15) is 64.6 Å². The molecule has 3 N–H and O–H groups in total. The number of rotatable bonds is 8. The van der Waals surface area contributed by atoms with E-state index in [1.165, 1.54) is 19.3 Å². The minimum atomic E-state index is -0.204. The summed E-state index contributed by atoms with van der Waals surface area (Å²) >= 11 is 0. The molecular weight excluding hydrogens is 394 g/mol. The van der Waals surface area contributed by atoms with Crippen LogP contribution in [-0.4, -0.2) is 45.4 Å². The molecule has 1 heterocycles. The van der Waals surface area contributed by atoms with E-state index in [0.717, 1.165) is 12.8 Å². The van der Waals surface area contributed by atoms with E-state index >= 15 is 0 Å². The lowest BCUT2D eigenvalue weighted by Gasteiger charge is -2.26. The lowest BCUT2D eigenvalue weighted by Crippen LogP contribution is -2.43. The fraction of sp³-hybridized carbons (Fsp3) is 0.565. The standard InChI is InChI=1S/C23H33N5O3/c1-16(2)28(15-20-26-19-12-7-6-11-18(19)22(30)27-20)21(29)13-8-14-24-23(31)25-17-9-4-3-5-10-17/h6-7,11-12,16-17H,3-5,8-10,13-15H2,1-2H3,(H2,24,25,31)(H,26,27,30). The molecule has 31 heavy (non-hydrogen) atoms. The molecule has 1 aliphatic carbocycles. The van der Waals surface area contributed by atoms with Gasteiger partial charge >= 0.3 is 6.03 Å². The molecule has 1 saturated carbocycles. The van der Waals surface area contributed by atoms with Crippen LogP contribution in [0.5, 0.6) is 0 Å². The molecule has 1 aromatic heterocycles. The molecule has 0 saturated heterocycles. The molecule has 1 aliphatic rings. The minimum Gasteiger partial charge on any atom is -0.338 e. The van der Waals surface area contributed by atoms with Gasteiger partial charge in [-0.25, -0.2) is 9.78 Å². The summed E-state index contributed by atoms with van der Waals surface area (Å²) < 4.78 is 0. The largest absolute Gasteiger partial charge is 0.338 e. The molecule has 3 rings (SSSR count). The van der Waals surface area contributed by atoms with E-state index in [1.807, 2.05) is 19.9 Å². The van der Waals surface area contributed by atoms with E-state index < -0.39 is 0 Å². The summed E-state index contributed by atoms with van der Waals surface area (Å²) in [5.74, 6) is 0.441. The predicted octanol–water partition coefficient (Wildman–Crippen LogP) is 3.07. The Kier molecular flexibility index (Phi) is 8.03. The van der Waals surface area contributed by atoms with Gasteiger partial charge in [0.05, 0.1) is 17.4 Å². The van der Waals surface area contributed by atoms with Crippen LogP contribution in [0.3, 0.4) is 0 Å². The highest BCUT2D eigenvalue weighted by molar-refractivity contribution is 5.78. The summed E-state index contributed by atoms with van der Waals surface area (Å²) in [5, 5.41) is 6.40. The number of hydrogen-bond donors (Lipinski definition) is 3. The Balaban J connectivity index is 1.49. The summed E-state index contributed by atoms with van der Waals surface area (Å²) in [6.07, 6.45) is 6.54. The maximum Gasteiger partial charge on any atom is 0.315 e. The van der Waals surface area contributed by atoms with Gasteiger partial charge in [0.25, 0.3) is 5.56 Å². The molecule has 1 aromatic carbocycles. The fourth-order valence-corrected chi connectivity index (χ4v) is 4.00. The number of benzene rings is 1. The third-order valence-corrected chi connectivity index (χ3v) is 5.72. The van der Waals surface area contributed by atoms with Crippen LogP contribution in [0.2, 0.25) is 0 Å². The Morgan fingerprint density at radius 1 is 1.19 bits per heavy atom. The van der Waals surface area contributed by atoms with Gasteiger partial charge in [-0.3, -0.25) is 9.59 Å². The highest BCUT2D eigenvalue weighted by Crippen LogP contribution is 2.17. The SMILES string of the molecule is CC(C)N(Cc1nc2ccccc2c(=O)[nH]1)C(=O)CCCNC(=O)NC1CCCCC1. The molecule has 0 radical (unpaired) electrons. The van der Waals surface area contributed by atoms with Gasteiger partial charge in [-0.15, -0.1) is 0 Å². The molecule has 0 spiro atoms. The Labute approximate surface area is 182 Å². The number of carbonyl (C=O) groups is 2. The van der Waals surface area contributed by atoms with Crippen LogP contribution in [-0.2, 0) is 11.3 Å². The van der Waals surface area contributed by atoms with E-state index in [4.69, 9.17) is 0 Å². The van der Waals surface area contributed by atoms with E-state index in [-0.39, 0.29) is 36.1 Å². The average molecular weight is 428 g/mol. The first-order chi connectivity index (χ1) is 14.9. The molecule has 1 fully saturated rings. The lowest BCUT2D eigenvalue weighted by atomic mass is 9.96. The second-order valence-electron chi connectivity index (χ2n) is 8.48. The lowest BCUT2D eigenvalue weighted by molar-refractivity contribution is -0.133. The summed E-state index contributed by atoms with van der Waals surface area (Å²) in [6, 6.07) is 7.23. The average Bonchev–Trinajstić information content (AvgIpc) is 2.75. The molecule has 168 valence electrons. The first-order valence-electron chi connectivity index (χ1n) is 11.3. The van der Waals surface area contributed by atoms with Gasteiger partial charge in [0.15, 0.2) is 0 Å². The van der Waals surface area contributed by atoms with Crippen molar-refractivity contribution in [2.75, 3.05) is 6.54 Å². The monoisotopic (exact) mass is 427 g/mol. The molecule has 8 nitrogen and oxygen atoms in total. The van der Waals surface area contributed by atoms with Crippen LogP contribution in [0.15, 0.2) is 29.1 Å². The van der Waals surface area contributed by atoms with Gasteiger partial charge in [-0.1, -0.05) is 31.4 Å². The Morgan fingerprint density at radius 2 is 1.94 bits per heavy atom. The third-order valence-electron chi connectivity index (χ3n) is 5.72. The van der Waals surface area contributed by atoms with Gasteiger partial charge in [-0.2, -0.15) is 0 Å². The van der Waals surface area contributed by atoms with Crippen molar-refractivity contribution in [2.24, 2.45) is 0 Å². The zero-order chi connectivity index (χ0) is 22.2. The Morgan fingerprint density at radius 3 is 2.68 bits per heavy atom. The minimum absolute atomic E-state index is 0.0275. The van der Waals surface area contributed by atoms with E-state index in [1.54, 1.807) is 23.1 Å². The molecule has 3 amide bonds. The quantitative estimate of drug-likeness (QED) is 0.563. The topological polar surface area (TPSA) is 107 Å². The number of H-pyrrole nitrogens is 1. The Hall–Kier alpha value is -2.90. The number of urea groups is 1. The zero-order valence-corrected chi connectivity index (χ0v) is 18.4. The first kappa shape index (κ1) is 22.8. The van der Waals surface area contributed by atoms with Crippen molar-refractivity contribution in [3.8, 4) is 0 Å². The highest BCUT2D eigenvalue weighted by atomic mass is 16.2. The molecule has 8 heteroatoms. The van der Waals surface area contributed by atoms with Crippen molar-refractivity contribution in [1.29, 1.82) is 0 Å². The second-order valence-corrected chi connectivity index (χ2v) is 8.48. The van der Waals surface area contributed by atoms with Gasteiger partial charge in [0.2, 0.25) is 5.91 Å². The number of nitrogens with one attached hydrogen (secondary N) is 3. The van der Waals surface area contributed by atoms with Gasteiger partial charge in [-0.05, 0) is 45.2 Å². The molecule has 0 bridgehead atoms. The van der Waals surface area contributed by atoms with E-state index in [0.29, 0.717) is 36.1 Å². The summed E-state index contributed by atoms with van der Waals surface area (Å²) in [4.78, 5) is 46.1. The van der Waals surface area contributed by atoms with Crippen molar-refractivity contribution < 1.29 is 9.59 Å². The maximum absolute atomic E-state index is 12.8. The smallest absolute Gasteiger partial charge is 0.315 e. The zero-order valence-electron chi connectivity index (χ0n) is 18.4. The van der Waals surface area contributed by atoms with Crippen LogP contribution in [0.4, 0.5) is 4.79 Å². The number of aromatic amines is 1. The normalized spacial score (nSPS) is 14.5. The van der Waals surface area contributed by atoms with Crippen molar-refractivity contribution in [2.45, 2.75) is 77.4 Å². The number of nitrogens with zero attached hydrogens (tertiary/aromatic N) is 2. The van der Waals surface area contributed by atoms with E-state index in [9.17, 15) is 14.4 Å². The summed E-state index contributed by atoms with van der Waals surface area (Å²) in [6.45, 7) is 4.56. The highest BCUT2D eigenvalue weighted by Gasteiger charge is 2.19. The maximum atomic E-state index is 12.8. The van der Waals surface area contributed by atoms with Crippen LogP contribution in [0.25, 0.3) is 10.9 Å². The number of aromatic nitrogens is 2. The number of fused-ring (bicyclic) bond motifs is 1. The van der Waals surface area contributed by atoms with Gasteiger partial charge < -0.3 is 20.5 Å². The molecule has 2 aromatic rings.